The van der Waals surface area contributed by atoms with Crippen molar-refractivity contribution in [1.82, 2.24) is 44.9 Å². The molecule has 8 heterocycles. The van der Waals surface area contributed by atoms with E-state index in [4.69, 9.17) is 29.3 Å². The van der Waals surface area contributed by atoms with E-state index in [0.29, 0.717) is 78.1 Å². The number of rotatable bonds is 17. The molecule has 1 N–H and O–H groups in total. The van der Waals surface area contributed by atoms with Crippen molar-refractivity contribution in [1.29, 1.82) is 0 Å². The second-order valence-electron chi connectivity index (χ2n) is 22.0. The lowest BCUT2D eigenvalue weighted by Crippen LogP contribution is -2.49. The highest BCUT2D eigenvalue weighted by Crippen LogP contribution is 2.38. The van der Waals surface area contributed by atoms with Crippen LogP contribution >= 0.6 is 0 Å². The van der Waals surface area contributed by atoms with Crippen molar-refractivity contribution in [3.05, 3.63) is 144 Å². The fraction of sp³-hybridized carbons (Fsp3) is 0.483. The zero-order chi connectivity index (χ0) is 59.7. The molecule has 0 saturated carbocycles. The quantitative estimate of drug-likeness (QED) is 0.0997. The first kappa shape index (κ1) is 60.8. The van der Waals surface area contributed by atoms with E-state index in [1.165, 1.54) is 42.2 Å². The van der Waals surface area contributed by atoms with Gasteiger partial charge in [0.05, 0.1) is 43.4 Å². The Bertz CT molecular complexity index is 2820. The van der Waals surface area contributed by atoms with Crippen molar-refractivity contribution in [2.45, 2.75) is 146 Å². The van der Waals surface area contributed by atoms with Crippen LogP contribution in [0.2, 0.25) is 0 Å². The smallest absolute Gasteiger partial charge is 0.345 e. The van der Waals surface area contributed by atoms with Crippen molar-refractivity contribution in [2.75, 3.05) is 40.3 Å². The molecule has 24 heteroatoms. The van der Waals surface area contributed by atoms with Crippen LogP contribution in [-0.2, 0) is 65.0 Å². The second-order valence-corrected chi connectivity index (χ2v) is 22.0. The van der Waals surface area contributed by atoms with E-state index in [2.05, 4.69) is 0 Å². The molecule has 450 valence electrons. The van der Waals surface area contributed by atoms with Crippen molar-refractivity contribution in [3.63, 3.8) is 0 Å². The maximum Gasteiger partial charge on any atom is 0.345 e. The van der Waals surface area contributed by atoms with Gasteiger partial charge in [-0.2, -0.15) is 20.3 Å². The molecule has 84 heavy (non-hydrogen) atoms. The first-order valence-electron chi connectivity index (χ1n) is 28.4. The maximum atomic E-state index is 13.6. The third-order valence-corrected chi connectivity index (χ3v) is 16.4. The number of halogens is 2. The molecule has 22 nitrogen and oxygen atoms in total. The Balaban J connectivity index is 0.000000135. The Morgan fingerprint density at radius 3 is 1.12 bits per heavy atom. The van der Waals surface area contributed by atoms with Crippen LogP contribution in [0.3, 0.4) is 0 Å². The van der Waals surface area contributed by atoms with Crippen LogP contribution in [0.25, 0.3) is 0 Å². The van der Waals surface area contributed by atoms with Gasteiger partial charge < -0.3 is 24.7 Å². The van der Waals surface area contributed by atoms with Gasteiger partial charge in [-0.25, -0.2) is 37.8 Å². The molecular weight excluding hydrogens is 1090 g/mol. The zero-order valence-corrected chi connectivity index (χ0v) is 47.6. The number of amides is 9. The van der Waals surface area contributed by atoms with Gasteiger partial charge in [0.2, 0.25) is 0 Å². The van der Waals surface area contributed by atoms with E-state index in [0.717, 1.165) is 48.4 Å². The van der Waals surface area contributed by atoms with Gasteiger partial charge in [-0.05, 0) is 80.5 Å². The molecule has 0 aliphatic carbocycles. The summed E-state index contributed by atoms with van der Waals surface area (Å²) in [5.74, 6) is -3.97. The van der Waals surface area contributed by atoms with Gasteiger partial charge in [-0.15, -0.1) is 0 Å². The summed E-state index contributed by atoms with van der Waals surface area (Å²) in [7, 11) is 2.99. The van der Waals surface area contributed by atoms with Crippen LogP contribution in [0.1, 0.15) is 87.5 Å². The molecule has 8 bridgehead atoms. The molecular formula is C60H73F2N9O13. The summed E-state index contributed by atoms with van der Waals surface area (Å²) in [4.78, 5) is 118. The third kappa shape index (κ3) is 14.1. The molecule has 8 aliphatic rings. The number of carboxylic acids is 1. The average molecular weight is 1170 g/mol. The Labute approximate surface area is 486 Å². The highest BCUT2D eigenvalue weighted by Gasteiger charge is 2.53. The van der Waals surface area contributed by atoms with Crippen LogP contribution in [0.5, 0.6) is 0 Å². The lowest BCUT2D eigenvalue weighted by molar-refractivity contribution is -0.174. The van der Waals surface area contributed by atoms with E-state index in [1.54, 1.807) is 23.8 Å². The van der Waals surface area contributed by atoms with E-state index in [-0.39, 0.29) is 66.6 Å². The number of carbonyl (C=O) groups is 7. The van der Waals surface area contributed by atoms with Gasteiger partial charge in [0.1, 0.15) is 38.5 Å². The predicted octanol–water partition coefficient (Wildman–Crippen LogP) is 7.90. The summed E-state index contributed by atoms with van der Waals surface area (Å²) in [6, 6.07) is 34.7. The van der Waals surface area contributed by atoms with Gasteiger partial charge in [0.15, 0.2) is 5.78 Å². The summed E-state index contributed by atoms with van der Waals surface area (Å²) < 4.78 is 27.1. The first-order chi connectivity index (χ1) is 40.4. The van der Waals surface area contributed by atoms with Crippen LogP contribution in [-0.4, -0.2) is 186 Å². The van der Waals surface area contributed by atoms with Crippen molar-refractivity contribution in [3.8, 4) is 0 Å². The normalized spacial score (nSPS) is 24.7. The monoisotopic (exact) mass is 1170 g/mol. The van der Waals surface area contributed by atoms with Crippen LogP contribution < -0.4 is 0 Å². The number of carbonyl (C=O) groups excluding carboxylic acids is 6. The fourth-order valence-corrected chi connectivity index (χ4v) is 11.8. The van der Waals surface area contributed by atoms with Crippen molar-refractivity contribution < 1.29 is 71.6 Å². The fourth-order valence-electron chi connectivity index (χ4n) is 11.8. The average Bonchev–Trinajstić information content (AvgIpc) is 3.74. The molecule has 9 amide bonds. The number of benzene rings is 4. The van der Waals surface area contributed by atoms with E-state index >= 15 is 0 Å². The lowest BCUT2D eigenvalue weighted by Gasteiger charge is -2.34. The Kier molecular flexibility index (Phi) is 19.8. The minimum atomic E-state index is -2.88. The molecule has 8 atom stereocenters. The van der Waals surface area contributed by atoms with Crippen LogP contribution in [0, 0.1) is 0 Å². The summed E-state index contributed by atoms with van der Waals surface area (Å²) in [6.45, 7) is 5.59. The minimum absolute atomic E-state index is 0.00288. The lowest BCUT2D eigenvalue weighted by atomic mass is 9.97. The van der Waals surface area contributed by atoms with Crippen LogP contribution in [0.4, 0.5) is 28.0 Å². The first-order valence-corrected chi connectivity index (χ1v) is 28.4. The van der Waals surface area contributed by atoms with Gasteiger partial charge in [-0.1, -0.05) is 121 Å². The molecule has 0 unspecified atom stereocenters. The number of hydrogen-bond acceptors (Lipinski definition) is 12. The summed E-state index contributed by atoms with van der Waals surface area (Å²) >= 11 is 0. The minimum Gasteiger partial charge on any atom is -0.480 e. The molecule has 4 aromatic carbocycles. The number of piperidine rings is 4. The molecule has 12 rings (SSSR count). The Morgan fingerprint density at radius 2 is 0.786 bits per heavy atom. The molecule has 4 aromatic rings. The number of likely N-dealkylation sites (N-methyl/N-ethyl adjacent to an activating group) is 1. The SMILES string of the molecule is CC(=O)[C@@H]1CC[C@@H]2CN1C(=O)N2OCc1ccccc1.CC(F)(F)[C@@H]1CC[C@@H]2CN1C(=O)N2OCc1ccccc1.CON(C)C(=O)[C@@H]1CC[C@@H]2CN1C(=O)N2OCc1ccccc1.O=C(O)[C@@H]1CC[C@@H]2CN1C(=O)N2OCc1ccccc1. The largest absolute Gasteiger partial charge is 0.480 e. The highest BCUT2D eigenvalue weighted by molar-refractivity contribution is 5.89. The summed E-state index contributed by atoms with van der Waals surface area (Å²) in [5.41, 5.74) is 3.95. The van der Waals surface area contributed by atoms with Gasteiger partial charge >= 0.3 is 30.1 Å². The summed E-state index contributed by atoms with van der Waals surface area (Å²) in [5, 5.41) is 15.8. The third-order valence-electron chi connectivity index (χ3n) is 16.4. The van der Waals surface area contributed by atoms with Crippen molar-refractivity contribution >= 4 is 41.8 Å². The number of nitrogens with zero attached hydrogens (tertiary/aromatic N) is 9. The number of urea groups is 4. The Morgan fingerprint density at radius 1 is 0.488 bits per heavy atom. The number of hydrogen-bond donors (Lipinski definition) is 1. The van der Waals surface area contributed by atoms with Crippen molar-refractivity contribution in [2.24, 2.45) is 0 Å². The maximum absolute atomic E-state index is 13.6. The molecule has 0 radical (unpaired) electrons. The number of hydroxylamine groups is 10. The topological polar surface area (TPSA) is 215 Å². The number of fused-ring (bicyclic) bond motifs is 8. The molecule has 0 spiro atoms. The number of ketones is 1. The van der Waals surface area contributed by atoms with Crippen LogP contribution in [0.15, 0.2) is 121 Å². The number of aliphatic carboxylic acids is 1. The van der Waals surface area contributed by atoms with E-state index < -0.39 is 36.0 Å². The van der Waals surface area contributed by atoms with E-state index in [1.807, 2.05) is 121 Å². The highest BCUT2D eigenvalue weighted by atomic mass is 19.3. The molecule has 0 aromatic heterocycles. The Hall–Kier alpha value is -7.77. The standard InChI is InChI=1S/C16H21N3O4.C15H18F2N2O2.C15H18N2O3.C14H16N2O4/c1-17(22-2)15(20)14-9-8-13-10-18(14)16(21)19(13)23-11-12-6-4-3-5-7-12;1-15(16,17)13-8-7-12-9-18(13)14(20)19(12)21-10-11-5-3-2-4-6-11;1-11(18)14-8-7-13-9-16(14)15(19)17(13)20-10-12-5-3-2-4-6-12;17-13(18)12-7-6-11-8-15(12)14(19)16(11)20-9-10-4-2-1-3-5-10/h3-7,13-14H,8-11H2,1-2H3;2-6,12-13H,7-10H2,1H3;2-6,13-14H,7-10H2,1H3;1-5,11-12H,6-9H2,(H,17,18)/t13-,14+;12-,13+;13-,14+;11-,12+/m1111/s1. The molecule has 8 saturated heterocycles. The molecule has 8 aliphatic heterocycles. The number of Topliss-reactive ketones (excluding diaryl/α,β-unsaturated/α-hetero) is 1. The molecule has 8 fully saturated rings. The summed E-state index contributed by atoms with van der Waals surface area (Å²) in [6.07, 6.45) is 4.92. The zero-order valence-electron chi connectivity index (χ0n) is 47.6. The van der Waals surface area contributed by atoms with Gasteiger partial charge in [0.25, 0.3) is 11.8 Å². The van der Waals surface area contributed by atoms with Gasteiger partial charge in [0, 0.05) is 40.2 Å². The second kappa shape index (κ2) is 27.3. The van der Waals surface area contributed by atoms with Gasteiger partial charge in [-0.3, -0.25) is 33.8 Å². The van der Waals surface area contributed by atoms with E-state index in [9.17, 15) is 42.3 Å². The number of alkyl halides is 2. The predicted molar refractivity (Wildman–Crippen MR) is 297 cm³/mol. The number of carboxylic acid groups (broad SMARTS) is 1.